The van der Waals surface area contributed by atoms with E-state index in [0.29, 0.717) is 22.8 Å². The Bertz CT molecular complexity index is 1360. The van der Waals surface area contributed by atoms with Crippen molar-refractivity contribution >= 4 is 39.1 Å². The molecule has 0 saturated heterocycles. The zero-order valence-electron chi connectivity index (χ0n) is 22.1. The van der Waals surface area contributed by atoms with Gasteiger partial charge in [0, 0.05) is 18.1 Å². The van der Waals surface area contributed by atoms with Gasteiger partial charge in [-0.1, -0.05) is 72.6 Å². The van der Waals surface area contributed by atoms with Crippen LogP contribution in [0.3, 0.4) is 0 Å². The van der Waals surface area contributed by atoms with Crippen LogP contribution in [-0.2, 0) is 26.2 Å². The van der Waals surface area contributed by atoms with E-state index in [0.717, 1.165) is 21.9 Å². The number of nitrogens with zero attached hydrogens (tertiary/aromatic N) is 2. The molecule has 0 heterocycles. The van der Waals surface area contributed by atoms with Crippen molar-refractivity contribution in [1.29, 1.82) is 0 Å². The van der Waals surface area contributed by atoms with Gasteiger partial charge in [-0.05, 0) is 62.6 Å². The molecule has 0 unspecified atom stereocenters. The first-order valence-corrected chi connectivity index (χ1v) is 14.3. The second-order valence-electron chi connectivity index (χ2n) is 9.18. The summed E-state index contributed by atoms with van der Waals surface area (Å²) in [6.45, 7) is 7.29. The number of hydrogen-bond acceptors (Lipinski definition) is 4. The van der Waals surface area contributed by atoms with E-state index in [4.69, 9.17) is 11.6 Å². The van der Waals surface area contributed by atoms with Gasteiger partial charge in [0.25, 0.3) is 10.0 Å². The van der Waals surface area contributed by atoms with E-state index in [-0.39, 0.29) is 17.3 Å². The maximum absolute atomic E-state index is 13.9. The molecule has 3 rings (SSSR count). The second-order valence-corrected chi connectivity index (χ2v) is 11.5. The van der Waals surface area contributed by atoms with Crippen molar-refractivity contribution in [2.45, 2.75) is 51.6 Å². The zero-order valence-corrected chi connectivity index (χ0v) is 23.7. The fraction of sp³-hybridized carbons (Fsp3) is 0.310. The molecule has 2 amide bonds. The van der Waals surface area contributed by atoms with E-state index in [2.05, 4.69) is 5.32 Å². The van der Waals surface area contributed by atoms with E-state index in [1.54, 1.807) is 44.2 Å². The molecule has 0 aliphatic rings. The summed E-state index contributed by atoms with van der Waals surface area (Å²) >= 11 is 6.35. The van der Waals surface area contributed by atoms with Crippen LogP contribution >= 0.6 is 11.6 Å². The van der Waals surface area contributed by atoms with E-state index in [1.807, 2.05) is 44.2 Å². The first-order valence-electron chi connectivity index (χ1n) is 12.5. The number of hydrogen-bond donors (Lipinski definition) is 1. The molecule has 1 N–H and O–H groups in total. The van der Waals surface area contributed by atoms with Crippen LogP contribution in [0.4, 0.5) is 5.69 Å². The molecule has 0 spiro atoms. The third-order valence-electron chi connectivity index (χ3n) is 6.31. The van der Waals surface area contributed by atoms with E-state index in [1.165, 1.54) is 17.0 Å². The van der Waals surface area contributed by atoms with Crippen LogP contribution in [0.5, 0.6) is 0 Å². The highest BCUT2D eigenvalue weighted by molar-refractivity contribution is 7.92. The van der Waals surface area contributed by atoms with Gasteiger partial charge in [0.05, 0.1) is 10.6 Å². The number of carbonyl (C=O) groups excluding carboxylic acids is 2. The van der Waals surface area contributed by atoms with Gasteiger partial charge < -0.3 is 10.2 Å². The molecule has 3 aromatic rings. The van der Waals surface area contributed by atoms with Crippen LogP contribution in [0.1, 0.15) is 37.0 Å². The molecule has 0 saturated carbocycles. The number of rotatable bonds is 11. The lowest BCUT2D eigenvalue weighted by molar-refractivity contribution is -0.139. The van der Waals surface area contributed by atoms with Crippen LogP contribution in [-0.4, -0.2) is 44.3 Å². The van der Waals surface area contributed by atoms with Crippen molar-refractivity contribution in [3.63, 3.8) is 0 Å². The second kappa shape index (κ2) is 12.9. The van der Waals surface area contributed by atoms with Crippen LogP contribution in [0.2, 0.25) is 5.02 Å². The molecule has 0 aliphatic heterocycles. The van der Waals surface area contributed by atoms with Crippen LogP contribution in [0.15, 0.2) is 77.7 Å². The summed E-state index contributed by atoms with van der Waals surface area (Å²) in [5.41, 5.74) is 2.56. The normalized spacial score (nSPS) is 12.0. The number of benzene rings is 3. The Hall–Kier alpha value is -3.36. The highest BCUT2D eigenvalue weighted by Gasteiger charge is 2.33. The van der Waals surface area contributed by atoms with Gasteiger partial charge >= 0.3 is 0 Å². The molecule has 7 nitrogen and oxygen atoms in total. The Kier molecular flexibility index (Phi) is 9.94. The number of amides is 2. The van der Waals surface area contributed by atoms with Crippen molar-refractivity contribution < 1.29 is 18.0 Å². The summed E-state index contributed by atoms with van der Waals surface area (Å²) in [5, 5.41) is 3.22. The summed E-state index contributed by atoms with van der Waals surface area (Å²) in [7, 11) is -4.15. The minimum Gasteiger partial charge on any atom is -0.354 e. The molecule has 9 heteroatoms. The third kappa shape index (κ3) is 6.94. The Morgan fingerprint density at radius 1 is 0.947 bits per heavy atom. The minimum atomic E-state index is -4.15. The number of carbonyl (C=O) groups is 2. The molecule has 202 valence electrons. The lowest BCUT2D eigenvalue weighted by Crippen LogP contribution is -2.51. The quantitative estimate of drug-likeness (QED) is 0.357. The summed E-state index contributed by atoms with van der Waals surface area (Å²) < 4.78 is 28.9. The molecular weight excluding hydrogens is 522 g/mol. The lowest BCUT2D eigenvalue weighted by atomic mass is 10.1. The van der Waals surface area contributed by atoms with Crippen molar-refractivity contribution in [2.24, 2.45) is 0 Å². The van der Waals surface area contributed by atoms with Crippen LogP contribution < -0.4 is 9.62 Å². The van der Waals surface area contributed by atoms with Gasteiger partial charge in [0.2, 0.25) is 11.8 Å². The first kappa shape index (κ1) is 29.2. The Balaban J connectivity index is 2.05. The number of halogens is 1. The van der Waals surface area contributed by atoms with Crippen molar-refractivity contribution in [1.82, 2.24) is 10.2 Å². The summed E-state index contributed by atoms with van der Waals surface area (Å²) in [4.78, 5) is 28.2. The average molecular weight is 556 g/mol. The standard InChI is InChI=1S/C29H34ClN3O4S/c1-5-18-31-29(35)23(4)32(19-24-10-7-6-8-11-24)28(34)20-33(27-13-9-12-26(30)22(27)3)38(36,37)25-16-14-21(2)15-17-25/h6-17,23H,5,18-20H2,1-4H3,(H,31,35)/t23-/m0/s1. The fourth-order valence-corrected chi connectivity index (χ4v) is 5.62. The smallest absolute Gasteiger partial charge is 0.264 e. The Labute approximate surface area is 230 Å². The van der Waals surface area contributed by atoms with Crippen molar-refractivity contribution in [3.05, 3.63) is 94.5 Å². The van der Waals surface area contributed by atoms with Gasteiger partial charge in [0.15, 0.2) is 0 Å². The zero-order chi connectivity index (χ0) is 27.9. The number of aryl methyl sites for hydroxylation is 1. The highest BCUT2D eigenvalue weighted by atomic mass is 35.5. The van der Waals surface area contributed by atoms with Gasteiger partial charge in [0.1, 0.15) is 12.6 Å². The third-order valence-corrected chi connectivity index (χ3v) is 8.49. The Morgan fingerprint density at radius 3 is 2.24 bits per heavy atom. The molecule has 1 atom stereocenters. The minimum absolute atomic E-state index is 0.0543. The largest absolute Gasteiger partial charge is 0.354 e. The van der Waals surface area contributed by atoms with Gasteiger partial charge in [-0.3, -0.25) is 13.9 Å². The fourth-order valence-electron chi connectivity index (χ4n) is 3.98. The number of sulfonamides is 1. The average Bonchev–Trinajstić information content (AvgIpc) is 2.91. The molecule has 0 aliphatic carbocycles. The van der Waals surface area contributed by atoms with Crippen molar-refractivity contribution in [2.75, 3.05) is 17.4 Å². The SMILES string of the molecule is CCCNC(=O)[C@H](C)N(Cc1ccccc1)C(=O)CN(c1cccc(Cl)c1C)S(=O)(=O)c1ccc(C)cc1. The van der Waals surface area contributed by atoms with E-state index >= 15 is 0 Å². The number of nitrogens with one attached hydrogen (secondary N) is 1. The van der Waals surface area contributed by atoms with Gasteiger partial charge in [-0.2, -0.15) is 0 Å². The van der Waals surface area contributed by atoms with Gasteiger partial charge in [-0.25, -0.2) is 8.42 Å². The topological polar surface area (TPSA) is 86.8 Å². The first-order chi connectivity index (χ1) is 18.1. The molecule has 0 radical (unpaired) electrons. The van der Waals surface area contributed by atoms with Crippen molar-refractivity contribution in [3.8, 4) is 0 Å². The van der Waals surface area contributed by atoms with E-state index < -0.39 is 28.5 Å². The molecule has 3 aromatic carbocycles. The van der Waals surface area contributed by atoms with Crippen LogP contribution in [0.25, 0.3) is 0 Å². The maximum Gasteiger partial charge on any atom is 0.264 e. The molecule has 0 bridgehead atoms. The predicted molar refractivity (Wildman–Crippen MR) is 152 cm³/mol. The molecular formula is C29H34ClN3O4S. The lowest BCUT2D eigenvalue weighted by Gasteiger charge is -2.32. The molecule has 0 aromatic heterocycles. The number of anilines is 1. The van der Waals surface area contributed by atoms with Crippen LogP contribution in [0, 0.1) is 13.8 Å². The summed E-state index contributed by atoms with van der Waals surface area (Å²) in [6.07, 6.45) is 0.752. The van der Waals surface area contributed by atoms with Gasteiger partial charge in [-0.15, -0.1) is 0 Å². The maximum atomic E-state index is 13.9. The predicted octanol–water partition coefficient (Wildman–Crippen LogP) is 5.10. The van der Waals surface area contributed by atoms with E-state index in [9.17, 15) is 18.0 Å². The summed E-state index contributed by atoms with van der Waals surface area (Å²) in [5.74, 6) is -0.814. The highest BCUT2D eigenvalue weighted by Crippen LogP contribution is 2.31. The monoisotopic (exact) mass is 555 g/mol. The molecule has 0 fully saturated rings. The molecule has 38 heavy (non-hydrogen) atoms. The Morgan fingerprint density at radius 2 is 1.61 bits per heavy atom. The summed E-state index contributed by atoms with van der Waals surface area (Å²) in [6, 6.07) is 19.9.